The third-order valence-corrected chi connectivity index (χ3v) is 4.14. The van der Waals surface area contributed by atoms with Crippen LogP contribution in [0, 0.1) is 0 Å². The summed E-state index contributed by atoms with van der Waals surface area (Å²) in [5.74, 6) is 0. The smallest absolute Gasteiger partial charge is 0.368 e. The minimum atomic E-state index is -0.296. The van der Waals surface area contributed by atoms with E-state index in [1.54, 1.807) is 18.8 Å². The zero-order valence-electron chi connectivity index (χ0n) is 13.8. The summed E-state index contributed by atoms with van der Waals surface area (Å²) in [5, 5.41) is 11.8. The van der Waals surface area contributed by atoms with Crippen LogP contribution in [0.5, 0.6) is 0 Å². The number of rotatable bonds is 7. The number of aromatic nitrogens is 4. The van der Waals surface area contributed by atoms with Crippen molar-refractivity contribution in [1.29, 1.82) is 0 Å². The molecule has 0 unspecified atom stereocenters. The Balaban J connectivity index is 2.35. The first-order chi connectivity index (χ1) is 11.1. The Kier molecular flexibility index (Phi) is 5.97. The number of tetrazole rings is 1. The number of hydrogen-bond acceptors (Lipinski definition) is 6. The molecule has 7 nitrogen and oxygen atoms in total. The third-order valence-electron chi connectivity index (χ3n) is 3.32. The molecule has 23 heavy (non-hydrogen) atoms. The maximum absolute atomic E-state index is 12.1. The molecule has 1 heterocycles. The first kappa shape index (κ1) is 17.3. The van der Waals surface area contributed by atoms with Crippen LogP contribution < -0.4 is 5.69 Å². The van der Waals surface area contributed by atoms with Crippen molar-refractivity contribution in [3.8, 4) is 5.69 Å². The van der Waals surface area contributed by atoms with Crippen LogP contribution in [0.4, 0.5) is 0 Å². The fourth-order valence-electron chi connectivity index (χ4n) is 2.17. The Morgan fingerprint density at radius 2 is 2.17 bits per heavy atom. The minimum absolute atomic E-state index is 0.274. The molecule has 0 saturated carbocycles. The number of benzene rings is 1. The fraction of sp³-hybridized carbons (Fsp3) is 0.467. The van der Waals surface area contributed by atoms with E-state index in [2.05, 4.69) is 22.5 Å². The van der Waals surface area contributed by atoms with E-state index in [0.29, 0.717) is 5.69 Å². The highest BCUT2D eigenvalue weighted by Crippen LogP contribution is 2.26. The minimum Gasteiger partial charge on any atom is -0.391 e. The van der Waals surface area contributed by atoms with Crippen LogP contribution in [0.3, 0.4) is 0 Å². The summed E-state index contributed by atoms with van der Waals surface area (Å²) in [7, 11) is 1.57. The summed E-state index contributed by atoms with van der Waals surface area (Å²) in [4.78, 5) is 18.6. The van der Waals surface area contributed by atoms with Crippen LogP contribution in [0.25, 0.3) is 5.69 Å². The van der Waals surface area contributed by atoms with Crippen LogP contribution in [-0.2, 0) is 18.5 Å². The first-order valence-corrected chi connectivity index (χ1v) is 8.61. The van der Waals surface area contributed by atoms with Gasteiger partial charge in [-0.15, -0.1) is 11.8 Å². The normalized spacial score (nSPS) is 11.7. The molecule has 0 amide bonds. The number of oxime groups is 1. The van der Waals surface area contributed by atoms with Gasteiger partial charge in [0, 0.05) is 17.5 Å². The predicted molar refractivity (Wildman–Crippen MR) is 91.2 cm³/mol. The van der Waals surface area contributed by atoms with Crippen molar-refractivity contribution in [2.45, 2.75) is 38.2 Å². The first-order valence-electron chi connectivity index (χ1n) is 7.39. The van der Waals surface area contributed by atoms with E-state index in [1.807, 2.05) is 31.4 Å². The molecular formula is C15H21N5O2S. The van der Waals surface area contributed by atoms with Crippen molar-refractivity contribution in [3.63, 3.8) is 0 Å². The number of hydrogen-bond donors (Lipinski definition) is 0. The molecule has 0 aliphatic carbocycles. The van der Waals surface area contributed by atoms with Crippen LogP contribution in [0.15, 0.2) is 33.0 Å². The monoisotopic (exact) mass is 335 g/mol. The summed E-state index contributed by atoms with van der Waals surface area (Å²) >= 11 is 1.59. The molecule has 0 atom stereocenters. The van der Waals surface area contributed by atoms with Gasteiger partial charge in [0.1, 0.15) is 6.61 Å². The van der Waals surface area contributed by atoms with Crippen molar-refractivity contribution >= 4 is 17.5 Å². The molecule has 0 saturated heterocycles. The second kappa shape index (κ2) is 7.96. The maximum atomic E-state index is 12.1. The van der Waals surface area contributed by atoms with E-state index >= 15 is 0 Å². The Labute approximate surface area is 139 Å². The molecule has 0 N–H and O–H groups in total. The van der Waals surface area contributed by atoms with E-state index < -0.39 is 0 Å². The molecule has 0 spiro atoms. The molecule has 124 valence electrons. The molecule has 1 aromatic carbocycles. The van der Waals surface area contributed by atoms with Crippen LogP contribution in [0.1, 0.15) is 32.3 Å². The van der Waals surface area contributed by atoms with Crippen molar-refractivity contribution in [1.82, 2.24) is 19.8 Å². The van der Waals surface area contributed by atoms with Gasteiger partial charge in [0.25, 0.3) is 0 Å². The van der Waals surface area contributed by atoms with Gasteiger partial charge in [-0.1, -0.05) is 24.6 Å². The summed E-state index contributed by atoms with van der Waals surface area (Å²) < 4.78 is 2.47. The molecule has 0 bridgehead atoms. The molecule has 0 aliphatic heterocycles. The predicted octanol–water partition coefficient (Wildman–Crippen LogP) is 2.38. The standard InChI is InChI=1S/C15H21N5O2S/c1-5-7-11(2)16-22-10-12-13(8-6-9-14(12)23-4)20-15(21)19(3)17-18-20/h6,8-9H,5,7,10H2,1-4H3. The van der Waals surface area contributed by atoms with E-state index in [0.717, 1.165) is 29.0 Å². The lowest BCUT2D eigenvalue weighted by molar-refractivity contribution is 0.128. The molecule has 0 fully saturated rings. The van der Waals surface area contributed by atoms with Crippen molar-refractivity contribution in [2.24, 2.45) is 12.2 Å². The fourth-order valence-corrected chi connectivity index (χ4v) is 2.79. The van der Waals surface area contributed by atoms with E-state index in [-0.39, 0.29) is 12.3 Å². The lowest BCUT2D eigenvalue weighted by Gasteiger charge is -2.11. The molecule has 8 heteroatoms. The maximum Gasteiger partial charge on any atom is 0.368 e. The van der Waals surface area contributed by atoms with Gasteiger partial charge >= 0.3 is 5.69 Å². The largest absolute Gasteiger partial charge is 0.391 e. The topological polar surface area (TPSA) is 74.3 Å². The lowest BCUT2D eigenvalue weighted by atomic mass is 10.2. The SMILES string of the molecule is CCCC(C)=NOCc1c(SC)cccc1-n1nnn(C)c1=O. The van der Waals surface area contributed by atoms with Gasteiger partial charge in [0.2, 0.25) is 0 Å². The molecular weight excluding hydrogens is 314 g/mol. The Bertz CT molecular complexity index is 751. The Morgan fingerprint density at radius 3 is 2.78 bits per heavy atom. The summed E-state index contributed by atoms with van der Waals surface area (Å²) in [5.41, 5.74) is 2.19. The van der Waals surface area contributed by atoms with Gasteiger partial charge in [-0.2, -0.15) is 9.36 Å². The highest BCUT2D eigenvalue weighted by Gasteiger charge is 2.14. The second-order valence-electron chi connectivity index (χ2n) is 5.10. The number of nitrogens with zero attached hydrogens (tertiary/aromatic N) is 5. The van der Waals surface area contributed by atoms with E-state index in [9.17, 15) is 4.79 Å². The number of thioether (sulfide) groups is 1. The van der Waals surface area contributed by atoms with Crippen molar-refractivity contribution < 1.29 is 4.84 Å². The summed E-state index contributed by atoms with van der Waals surface area (Å²) in [6, 6.07) is 5.70. The van der Waals surface area contributed by atoms with Crippen molar-refractivity contribution in [3.05, 3.63) is 34.2 Å². The van der Waals surface area contributed by atoms with Gasteiger partial charge in [-0.3, -0.25) is 0 Å². The number of aryl methyl sites for hydroxylation is 1. The van der Waals surface area contributed by atoms with E-state index in [1.165, 1.54) is 9.36 Å². The summed E-state index contributed by atoms with van der Waals surface area (Å²) in [6.07, 6.45) is 3.91. The van der Waals surface area contributed by atoms with Gasteiger partial charge in [-0.05, 0) is 42.2 Å². The second-order valence-corrected chi connectivity index (χ2v) is 5.95. The highest BCUT2D eigenvalue weighted by molar-refractivity contribution is 7.98. The van der Waals surface area contributed by atoms with Gasteiger partial charge in [0.05, 0.1) is 11.4 Å². The zero-order valence-corrected chi connectivity index (χ0v) is 14.6. The summed E-state index contributed by atoms with van der Waals surface area (Å²) in [6.45, 7) is 4.31. The van der Waals surface area contributed by atoms with Crippen molar-refractivity contribution in [2.75, 3.05) is 6.26 Å². The van der Waals surface area contributed by atoms with Crippen LogP contribution >= 0.6 is 11.8 Å². The van der Waals surface area contributed by atoms with Gasteiger partial charge < -0.3 is 4.84 Å². The molecule has 0 radical (unpaired) electrons. The Hall–Kier alpha value is -2.09. The molecule has 1 aromatic heterocycles. The average Bonchev–Trinajstić information content (AvgIpc) is 2.87. The molecule has 2 rings (SSSR count). The third kappa shape index (κ3) is 4.01. The molecule has 2 aromatic rings. The van der Waals surface area contributed by atoms with Gasteiger partial charge in [-0.25, -0.2) is 4.79 Å². The van der Waals surface area contributed by atoms with E-state index in [4.69, 9.17) is 4.84 Å². The Morgan fingerprint density at radius 1 is 1.39 bits per heavy atom. The van der Waals surface area contributed by atoms with Crippen LogP contribution in [0.2, 0.25) is 0 Å². The van der Waals surface area contributed by atoms with Crippen LogP contribution in [-0.4, -0.2) is 31.8 Å². The highest BCUT2D eigenvalue weighted by atomic mass is 32.2. The molecule has 0 aliphatic rings. The average molecular weight is 335 g/mol. The zero-order chi connectivity index (χ0) is 16.8. The van der Waals surface area contributed by atoms with Gasteiger partial charge in [0.15, 0.2) is 0 Å². The lowest BCUT2D eigenvalue weighted by Crippen LogP contribution is -2.23. The quantitative estimate of drug-likeness (QED) is 0.441.